The summed E-state index contributed by atoms with van der Waals surface area (Å²) >= 11 is 0. The molecule has 1 amide bonds. The number of aromatic amines is 2. The van der Waals surface area contributed by atoms with E-state index in [1.807, 2.05) is 19.1 Å². The van der Waals surface area contributed by atoms with E-state index >= 15 is 0 Å². The molecule has 0 saturated carbocycles. The van der Waals surface area contributed by atoms with E-state index in [-0.39, 0.29) is 5.91 Å². The van der Waals surface area contributed by atoms with E-state index in [0.29, 0.717) is 28.0 Å². The smallest absolute Gasteiger partial charge is 0.280 e. The van der Waals surface area contributed by atoms with E-state index in [0.717, 1.165) is 16.7 Å². The maximum atomic E-state index is 14.8. The average molecular weight is 357 g/mol. The molecule has 130 valence electrons. The summed E-state index contributed by atoms with van der Waals surface area (Å²) in [6.07, 6.45) is 1.59. The van der Waals surface area contributed by atoms with Gasteiger partial charge in [0.1, 0.15) is 13.7 Å². The summed E-state index contributed by atoms with van der Waals surface area (Å²) in [6, 6.07) is 9.33. The number of carbonyl (C=O) groups is 1. The Bertz CT molecular complexity index is 1210. The molecule has 2 aromatic carbocycles. The number of imidazole rings is 1. The molecule has 5 rings (SSSR count). The molecule has 2 radical (unpaired) electrons. The van der Waals surface area contributed by atoms with Crippen LogP contribution in [0.1, 0.15) is 33.4 Å². The van der Waals surface area contributed by atoms with Crippen LogP contribution in [0.25, 0.3) is 11.0 Å². The van der Waals surface area contributed by atoms with Crippen LogP contribution < -0.4 is 10.4 Å². The first-order valence-electron chi connectivity index (χ1n) is 8.41. The minimum absolute atomic E-state index is 0.283. The molecule has 0 spiro atoms. The van der Waals surface area contributed by atoms with Gasteiger partial charge in [-0.25, -0.2) is 9.37 Å². The highest BCUT2D eigenvalue weighted by Crippen LogP contribution is 2.43. The number of H-pyrrole nitrogens is 2. The molecule has 2 N–H and O–H groups in total. The predicted octanol–water partition coefficient (Wildman–Crippen LogP) is 2.28. The van der Waals surface area contributed by atoms with Crippen molar-refractivity contribution < 1.29 is 9.18 Å². The second-order valence-electron chi connectivity index (χ2n) is 6.57. The molecular formula is C19H13BFN5O. The van der Waals surface area contributed by atoms with Gasteiger partial charge in [-0.15, -0.1) is 0 Å². The highest BCUT2D eigenvalue weighted by Gasteiger charge is 2.43. The first kappa shape index (κ1) is 15.8. The number of rotatable bonds is 2. The molecule has 27 heavy (non-hydrogen) atoms. The highest BCUT2D eigenvalue weighted by molar-refractivity contribution is 6.32. The van der Waals surface area contributed by atoms with Crippen molar-refractivity contribution in [2.75, 3.05) is 4.90 Å². The van der Waals surface area contributed by atoms with Crippen LogP contribution in [0.15, 0.2) is 42.7 Å². The quantitative estimate of drug-likeness (QED) is 0.541. The van der Waals surface area contributed by atoms with Crippen LogP contribution in [0.2, 0.25) is 0 Å². The molecule has 0 bridgehead atoms. The number of carbonyl (C=O) groups excluding carboxylic acids is 1. The minimum atomic E-state index is -0.632. The molecule has 1 aliphatic rings. The largest absolute Gasteiger partial charge is 0.345 e. The summed E-state index contributed by atoms with van der Waals surface area (Å²) in [5, 5.41) is 6.98. The van der Waals surface area contributed by atoms with E-state index in [4.69, 9.17) is 7.85 Å². The average Bonchev–Trinajstić information content (AvgIpc) is 3.32. The molecule has 3 heterocycles. The van der Waals surface area contributed by atoms with Gasteiger partial charge in [0, 0.05) is 22.5 Å². The van der Waals surface area contributed by atoms with Crippen LogP contribution >= 0.6 is 0 Å². The van der Waals surface area contributed by atoms with Crippen molar-refractivity contribution >= 4 is 35.9 Å². The Kier molecular flexibility index (Phi) is 3.24. The summed E-state index contributed by atoms with van der Waals surface area (Å²) in [6.45, 7) is 1.82. The van der Waals surface area contributed by atoms with Crippen molar-refractivity contribution in [3.8, 4) is 0 Å². The number of aryl methyl sites for hydroxylation is 1. The predicted molar refractivity (Wildman–Crippen MR) is 99.9 cm³/mol. The van der Waals surface area contributed by atoms with Crippen molar-refractivity contribution in [2.45, 2.75) is 13.0 Å². The lowest BCUT2D eigenvalue weighted by atomic mass is 9.91. The monoisotopic (exact) mass is 357 g/mol. The Morgan fingerprint density at radius 1 is 1.22 bits per heavy atom. The zero-order valence-electron chi connectivity index (χ0n) is 14.3. The summed E-state index contributed by atoms with van der Waals surface area (Å²) in [7, 11) is 5.70. The molecule has 2 aromatic heterocycles. The highest BCUT2D eigenvalue weighted by atomic mass is 19.1. The normalized spacial score (nSPS) is 16.3. The van der Waals surface area contributed by atoms with E-state index in [2.05, 4.69) is 20.2 Å². The van der Waals surface area contributed by atoms with E-state index in [1.165, 1.54) is 6.07 Å². The summed E-state index contributed by atoms with van der Waals surface area (Å²) in [5.74, 6) is -0.747. The van der Waals surface area contributed by atoms with Crippen LogP contribution in [0, 0.1) is 12.7 Å². The van der Waals surface area contributed by atoms with Crippen molar-refractivity contribution in [3.05, 3.63) is 71.1 Å². The molecule has 0 aliphatic carbocycles. The fourth-order valence-corrected chi connectivity index (χ4v) is 3.70. The Morgan fingerprint density at radius 2 is 2.07 bits per heavy atom. The van der Waals surface area contributed by atoms with Gasteiger partial charge in [-0.1, -0.05) is 17.6 Å². The first-order chi connectivity index (χ1) is 13.0. The maximum Gasteiger partial charge on any atom is 0.280 e. The standard InChI is InChI=1S/C19H13BFN5O/c1-9-16-17(25-24-9)19(27)26(11-3-5-14-15(7-11)23-8-22-14)18(16)12-4-2-10(20)6-13(12)21/h2-8,18H,1H3,(H,22,23)(H,24,25). The van der Waals surface area contributed by atoms with Gasteiger partial charge in [-0.05, 0) is 31.2 Å². The lowest BCUT2D eigenvalue weighted by Gasteiger charge is -2.26. The van der Waals surface area contributed by atoms with Gasteiger partial charge in [-0.3, -0.25) is 14.8 Å². The zero-order chi connectivity index (χ0) is 18.7. The number of halogens is 1. The first-order valence-corrected chi connectivity index (χ1v) is 8.41. The Labute approximate surface area is 154 Å². The summed E-state index contributed by atoms with van der Waals surface area (Å²) < 4.78 is 14.8. The molecule has 1 aliphatic heterocycles. The third-order valence-electron chi connectivity index (χ3n) is 4.95. The second-order valence-corrected chi connectivity index (χ2v) is 6.57. The number of nitrogens with one attached hydrogen (secondary N) is 2. The Balaban J connectivity index is 1.74. The number of anilines is 1. The summed E-state index contributed by atoms with van der Waals surface area (Å²) in [4.78, 5) is 21.9. The fourth-order valence-electron chi connectivity index (χ4n) is 3.70. The fraction of sp³-hybridized carbons (Fsp3) is 0.105. The van der Waals surface area contributed by atoms with Gasteiger partial charge in [0.15, 0.2) is 5.69 Å². The molecule has 8 heteroatoms. The van der Waals surface area contributed by atoms with Gasteiger partial charge in [0.25, 0.3) is 5.91 Å². The minimum Gasteiger partial charge on any atom is -0.345 e. The van der Waals surface area contributed by atoms with Gasteiger partial charge in [0.2, 0.25) is 0 Å². The molecule has 1 atom stereocenters. The van der Waals surface area contributed by atoms with E-state index < -0.39 is 11.9 Å². The second kappa shape index (κ2) is 5.54. The zero-order valence-corrected chi connectivity index (χ0v) is 14.3. The molecular weight excluding hydrogens is 344 g/mol. The third-order valence-corrected chi connectivity index (χ3v) is 4.95. The Hall–Kier alpha value is -3.42. The summed E-state index contributed by atoms with van der Waals surface area (Å²) in [5.41, 5.74) is 4.61. The SMILES string of the molecule is [B]c1ccc(C2c3c(n[nH]c3C)C(=O)N2c2ccc3nc[nH]c3c2)c(F)c1. The third kappa shape index (κ3) is 2.22. The van der Waals surface area contributed by atoms with Crippen LogP contribution in [0.5, 0.6) is 0 Å². The number of amides is 1. The molecule has 4 aromatic rings. The lowest BCUT2D eigenvalue weighted by Crippen LogP contribution is -2.30. The number of hydrogen-bond acceptors (Lipinski definition) is 3. The maximum absolute atomic E-state index is 14.8. The lowest BCUT2D eigenvalue weighted by molar-refractivity contribution is 0.0988. The van der Waals surface area contributed by atoms with Crippen molar-refractivity contribution in [1.82, 2.24) is 20.2 Å². The van der Waals surface area contributed by atoms with Crippen molar-refractivity contribution in [1.29, 1.82) is 0 Å². The number of aromatic nitrogens is 4. The van der Waals surface area contributed by atoms with Gasteiger partial charge >= 0.3 is 0 Å². The molecule has 0 saturated heterocycles. The number of fused-ring (bicyclic) bond motifs is 2. The number of nitrogens with zero attached hydrogens (tertiary/aromatic N) is 3. The van der Waals surface area contributed by atoms with Gasteiger partial charge in [0.05, 0.1) is 23.4 Å². The molecule has 1 unspecified atom stereocenters. The van der Waals surface area contributed by atoms with Gasteiger partial charge in [-0.2, -0.15) is 5.10 Å². The van der Waals surface area contributed by atoms with Crippen LogP contribution in [0.3, 0.4) is 0 Å². The number of benzene rings is 2. The van der Waals surface area contributed by atoms with Crippen molar-refractivity contribution in [3.63, 3.8) is 0 Å². The van der Waals surface area contributed by atoms with Crippen molar-refractivity contribution in [2.24, 2.45) is 0 Å². The molecule has 6 nitrogen and oxygen atoms in total. The van der Waals surface area contributed by atoms with Crippen LogP contribution in [-0.2, 0) is 0 Å². The van der Waals surface area contributed by atoms with E-state index in [9.17, 15) is 9.18 Å². The molecule has 0 fully saturated rings. The van der Waals surface area contributed by atoms with E-state index in [1.54, 1.807) is 29.4 Å². The van der Waals surface area contributed by atoms with Crippen LogP contribution in [-0.4, -0.2) is 33.9 Å². The topological polar surface area (TPSA) is 77.7 Å². The van der Waals surface area contributed by atoms with Crippen LogP contribution in [0.4, 0.5) is 10.1 Å². The Morgan fingerprint density at radius 3 is 2.89 bits per heavy atom. The number of hydrogen-bond donors (Lipinski definition) is 2. The van der Waals surface area contributed by atoms with Gasteiger partial charge < -0.3 is 4.98 Å².